The zero-order valence-electron chi connectivity index (χ0n) is 17.0. The predicted octanol–water partition coefficient (Wildman–Crippen LogP) is 2.98. The predicted molar refractivity (Wildman–Crippen MR) is 114 cm³/mol. The van der Waals surface area contributed by atoms with Crippen molar-refractivity contribution >= 4 is 17.3 Å². The zero-order chi connectivity index (χ0) is 20.5. The van der Waals surface area contributed by atoms with E-state index in [2.05, 4.69) is 50.3 Å². The zero-order valence-corrected chi connectivity index (χ0v) is 17.0. The quantitative estimate of drug-likeness (QED) is 0.701. The number of aromatic nitrogens is 3. The van der Waals surface area contributed by atoms with E-state index >= 15 is 0 Å². The van der Waals surface area contributed by atoms with E-state index in [1.165, 1.54) is 28.3 Å². The fourth-order valence-corrected chi connectivity index (χ4v) is 4.00. The molecule has 0 spiro atoms. The Kier molecular flexibility index (Phi) is 5.10. The lowest BCUT2D eigenvalue weighted by molar-refractivity contribution is -0.0660. The van der Waals surface area contributed by atoms with Crippen LogP contribution in [0.3, 0.4) is 0 Å². The van der Waals surface area contributed by atoms with Gasteiger partial charge in [0.2, 0.25) is 5.95 Å². The minimum absolute atomic E-state index is 0.334. The van der Waals surface area contributed by atoms with E-state index in [0.717, 1.165) is 45.1 Å². The summed E-state index contributed by atoms with van der Waals surface area (Å²) in [4.78, 5) is 9.23. The fraction of sp³-hybridized carbons (Fsp3) is 0.364. The van der Waals surface area contributed by atoms with Crippen molar-refractivity contribution in [1.29, 1.82) is 0 Å². The van der Waals surface area contributed by atoms with E-state index in [1.54, 1.807) is 18.2 Å². The van der Waals surface area contributed by atoms with Crippen molar-refractivity contribution in [3.8, 4) is 5.69 Å². The molecule has 2 aliphatic heterocycles. The van der Waals surface area contributed by atoms with E-state index in [1.807, 2.05) is 0 Å². The number of ether oxygens (including phenoxy) is 1. The van der Waals surface area contributed by atoms with Crippen molar-refractivity contribution in [3.05, 3.63) is 60.2 Å². The summed E-state index contributed by atoms with van der Waals surface area (Å²) >= 11 is 0. The monoisotopic (exact) mass is 408 g/mol. The minimum Gasteiger partial charge on any atom is -0.378 e. The lowest BCUT2D eigenvalue weighted by atomic mass is 10.1. The Hall–Kier alpha value is -2.97. The average molecular weight is 408 g/mol. The first kappa shape index (κ1) is 19.0. The average Bonchev–Trinajstić information content (AvgIpc) is 3.15. The van der Waals surface area contributed by atoms with Crippen LogP contribution in [0.15, 0.2) is 48.8 Å². The van der Waals surface area contributed by atoms with Crippen molar-refractivity contribution in [2.75, 3.05) is 49.6 Å². The minimum atomic E-state index is -0.334. The SMILES string of the molecule is Cc1cc(Nc2ncn(-c3ccccc3F)n2)cc(N2CCN(C3COC3)CC2)c1. The van der Waals surface area contributed by atoms with Crippen LogP contribution in [-0.2, 0) is 4.74 Å². The van der Waals surface area contributed by atoms with E-state index < -0.39 is 0 Å². The van der Waals surface area contributed by atoms with E-state index in [9.17, 15) is 4.39 Å². The molecule has 0 atom stereocenters. The van der Waals surface area contributed by atoms with Gasteiger partial charge in [-0.3, -0.25) is 4.90 Å². The first-order chi connectivity index (χ1) is 14.7. The van der Waals surface area contributed by atoms with Crippen LogP contribution in [0.5, 0.6) is 0 Å². The molecule has 8 heteroatoms. The summed E-state index contributed by atoms with van der Waals surface area (Å²) in [6, 6.07) is 13.5. The van der Waals surface area contributed by atoms with Crippen LogP contribution in [0.1, 0.15) is 5.56 Å². The van der Waals surface area contributed by atoms with Crippen LogP contribution in [-0.4, -0.2) is 65.1 Å². The van der Waals surface area contributed by atoms with Gasteiger partial charge in [-0.2, -0.15) is 4.98 Å². The standard InChI is InChI=1S/C22H25FN6O/c1-16-10-17(25-22-24-15-29(26-22)21-5-3-2-4-20(21)23)12-18(11-16)27-6-8-28(9-7-27)19-13-30-14-19/h2-5,10-12,15,19H,6-9,13-14H2,1H3,(H,25,26). The second kappa shape index (κ2) is 8.04. The Morgan fingerprint density at radius 1 is 1.07 bits per heavy atom. The number of rotatable bonds is 5. The summed E-state index contributed by atoms with van der Waals surface area (Å²) in [5.74, 6) is 0.101. The van der Waals surface area contributed by atoms with Gasteiger partial charge in [0.25, 0.3) is 0 Å². The summed E-state index contributed by atoms with van der Waals surface area (Å²) in [6.45, 7) is 7.93. The Balaban J connectivity index is 1.29. The maximum atomic E-state index is 14.0. The maximum absolute atomic E-state index is 14.0. The van der Waals surface area contributed by atoms with Crippen LogP contribution in [0, 0.1) is 12.7 Å². The molecule has 156 valence electrons. The summed E-state index contributed by atoms with van der Waals surface area (Å²) in [5.41, 5.74) is 3.65. The van der Waals surface area contributed by atoms with Crippen molar-refractivity contribution < 1.29 is 9.13 Å². The van der Waals surface area contributed by atoms with Gasteiger partial charge in [-0.05, 0) is 42.8 Å². The van der Waals surface area contributed by atoms with Crippen LogP contribution in [0.2, 0.25) is 0 Å². The molecule has 1 N–H and O–H groups in total. The highest BCUT2D eigenvalue weighted by Crippen LogP contribution is 2.26. The number of hydrogen-bond acceptors (Lipinski definition) is 6. The number of nitrogens with zero attached hydrogens (tertiary/aromatic N) is 5. The second-order valence-corrected chi connectivity index (χ2v) is 7.86. The first-order valence-corrected chi connectivity index (χ1v) is 10.3. The first-order valence-electron chi connectivity index (χ1n) is 10.3. The van der Waals surface area contributed by atoms with Gasteiger partial charge >= 0.3 is 0 Å². The highest BCUT2D eigenvalue weighted by atomic mass is 19.1. The molecule has 1 aromatic heterocycles. The fourth-order valence-electron chi connectivity index (χ4n) is 4.00. The molecule has 0 saturated carbocycles. The number of nitrogens with one attached hydrogen (secondary N) is 1. The van der Waals surface area contributed by atoms with Gasteiger partial charge in [0.05, 0.1) is 19.3 Å². The Morgan fingerprint density at radius 3 is 2.60 bits per heavy atom. The van der Waals surface area contributed by atoms with Gasteiger partial charge in [-0.25, -0.2) is 9.07 Å². The Labute approximate surface area is 175 Å². The van der Waals surface area contributed by atoms with Crippen molar-refractivity contribution in [2.24, 2.45) is 0 Å². The van der Waals surface area contributed by atoms with Crippen LogP contribution < -0.4 is 10.2 Å². The summed E-state index contributed by atoms with van der Waals surface area (Å²) in [7, 11) is 0. The molecule has 0 aliphatic carbocycles. The molecule has 0 bridgehead atoms. The molecule has 2 aromatic carbocycles. The molecule has 30 heavy (non-hydrogen) atoms. The maximum Gasteiger partial charge on any atom is 0.246 e. The molecule has 0 radical (unpaired) electrons. The number of hydrogen-bond donors (Lipinski definition) is 1. The summed E-state index contributed by atoms with van der Waals surface area (Å²) in [5, 5.41) is 7.64. The third kappa shape index (κ3) is 3.88. The highest BCUT2D eigenvalue weighted by Gasteiger charge is 2.29. The van der Waals surface area contributed by atoms with Gasteiger partial charge in [0.15, 0.2) is 0 Å². The number of anilines is 3. The van der Waals surface area contributed by atoms with Gasteiger partial charge < -0.3 is 15.0 Å². The summed E-state index contributed by atoms with van der Waals surface area (Å²) < 4.78 is 20.8. The van der Waals surface area contributed by atoms with Crippen molar-refractivity contribution in [2.45, 2.75) is 13.0 Å². The largest absolute Gasteiger partial charge is 0.378 e. The molecule has 2 fully saturated rings. The normalized spacial score (nSPS) is 17.7. The molecule has 3 heterocycles. The lowest BCUT2D eigenvalue weighted by Crippen LogP contribution is -2.56. The third-order valence-electron chi connectivity index (χ3n) is 5.73. The lowest BCUT2D eigenvalue weighted by Gasteiger charge is -2.43. The number of aryl methyl sites for hydroxylation is 1. The molecule has 7 nitrogen and oxygen atoms in total. The summed E-state index contributed by atoms with van der Waals surface area (Å²) in [6.07, 6.45) is 1.51. The van der Waals surface area contributed by atoms with Gasteiger partial charge in [-0.15, -0.1) is 5.10 Å². The highest BCUT2D eigenvalue weighted by molar-refractivity contribution is 5.64. The smallest absolute Gasteiger partial charge is 0.246 e. The molecule has 5 rings (SSSR count). The van der Waals surface area contributed by atoms with Gasteiger partial charge in [-0.1, -0.05) is 12.1 Å². The molecule has 0 amide bonds. The van der Waals surface area contributed by atoms with E-state index in [-0.39, 0.29) is 5.82 Å². The molecule has 0 unspecified atom stereocenters. The molecule has 3 aromatic rings. The Bertz CT molecular complexity index is 1030. The van der Waals surface area contributed by atoms with Gasteiger partial charge in [0.1, 0.15) is 17.8 Å². The number of para-hydroxylation sites is 1. The third-order valence-corrected chi connectivity index (χ3v) is 5.73. The topological polar surface area (TPSA) is 58.5 Å². The van der Waals surface area contributed by atoms with E-state index in [0.29, 0.717) is 17.7 Å². The van der Waals surface area contributed by atoms with Crippen molar-refractivity contribution in [3.63, 3.8) is 0 Å². The van der Waals surface area contributed by atoms with E-state index in [4.69, 9.17) is 4.74 Å². The number of benzene rings is 2. The molecular weight excluding hydrogens is 383 g/mol. The number of piperazine rings is 1. The van der Waals surface area contributed by atoms with Crippen LogP contribution >= 0.6 is 0 Å². The van der Waals surface area contributed by atoms with Crippen LogP contribution in [0.4, 0.5) is 21.7 Å². The molecule has 2 saturated heterocycles. The number of halogens is 1. The van der Waals surface area contributed by atoms with Crippen molar-refractivity contribution in [1.82, 2.24) is 19.7 Å². The molecular formula is C22H25FN6O. The molecule has 2 aliphatic rings. The Morgan fingerprint density at radius 2 is 1.87 bits per heavy atom. The second-order valence-electron chi connectivity index (χ2n) is 7.86. The van der Waals surface area contributed by atoms with Gasteiger partial charge in [0, 0.05) is 37.6 Å². The van der Waals surface area contributed by atoms with Crippen LogP contribution in [0.25, 0.3) is 5.69 Å².